The molecule has 0 amide bonds. The Labute approximate surface area is 273 Å². The average molecular weight is 603 g/mol. The van der Waals surface area contributed by atoms with Gasteiger partial charge in [-0.15, -0.1) is 0 Å². The highest BCUT2D eigenvalue weighted by molar-refractivity contribution is 6.22. The van der Waals surface area contributed by atoms with Gasteiger partial charge in [0.05, 0.1) is 22.9 Å². The molecule has 0 radical (unpaired) electrons. The largest absolute Gasteiger partial charge is 0.309 e. The van der Waals surface area contributed by atoms with Gasteiger partial charge in [0.15, 0.2) is 0 Å². The Morgan fingerprint density at radius 2 is 0.979 bits per heavy atom. The summed E-state index contributed by atoms with van der Waals surface area (Å²) in [7, 11) is 0. The van der Waals surface area contributed by atoms with Crippen molar-refractivity contribution < 1.29 is 0 Å². The van der Waals surface area contributed by atoms with E-state index >= 15 is 0 Å². The summed E-state index contributed by atoms with van der Waals surface area (Å²) in [4.78, 5) is 6.63. The first-order valence-corrected chi connectivity index (χ1v) is 15.9. The molecule has 0 aliphatic heterocycles. The normalized spacial score (nSPS) is 11.4. The molecule has 3 heterocycles. The fourth-order valence-electron chi connectivity index (χ4n) is 6.92. The maximum absolute atomic E-state index is 4.40. The fraction of sp³-hybridized carbons (Fsp3) is 0. The van der Waals surface area contributed by atoms with Crippen molar-refractivity contribution in [2.75, 3.05) is 4.90 Å². The van der Waals surface area contributed by atoms with Gasteiger partial charge >= 0.3 is 0 Å². The minimum absolute atomic E-state index is 1.02. The Balaban J connectivity index is 1.24. The van der Waals surface area contributed by atoms with Crippen LogP contribution in [-0.2, 0) is 0 Å². The van der Waals surface area contributed by atoms with Gasteiger partial charge in [0.1, 0.15) is 5.65 Å². The van der Waals surface area contributed by atoms with Crippen LogP contribution in [0, 0.1) is 0 Å². The standard InChI is InChI=1S/C43H30N4/c1-4-13-33(14-5-1)45(37-19-12-28-44-30-37)36-25-22-31(23-26-36)32-24-27-39-41(29-32)47(35-17-8-3-9-18-35)43-42(39)38-20-10-11-21-40(38)46(43)34-15-6-2-7-16-34/h1-30H. The number of pyridine rings is 1. The van der Waals surface area contributed by atoms with Crippen LogP contribution in [0.1, 0.15) is 0 Å². The Morgan fingerprint density at radius 1 is 0.426 bits per heavy atom. The van der Waals surface area contributed by atoms with Gasteiger partial charge in [-0.3, -0.25) is 14.1 Å². The van der Waals surface area contributed by atoms with Crippen LogP contribution in [0.4, 0.5) is 17.1 Å². The lowest BCUT2D eigenvalue weighted by Crippen LogP contribution is -2.09. The SMILES string of the molecule is c1ccc(N(c2ccc(-c3ccc4c5c6ccccc6n(-c6ccccc6)c5n(-c5ccccc5)c4c3)cc2)c2cccnc2)cc1. The predicted molar refractivity (Wildman–Crippen MR) is 196 cm³/mol. The van der Waals surface area contributed by atoms with Gasteiger partial charge in [-0.2, -0.15) is 0 Å². The van der Waals surface area contributed by atoms with E-state index in [1.165, 1.54) is 38.4 Å². The first kappa shape index (κ1) is 27.0. The molecule has 222 valence electrons. The summed E-state index contributed by atoms with van der Waals surface area (Å²) >= 11 is 0. The van der Waals surface area contributed by atoms with Crippen LogP contribution in [-0.4, -0.2) is 14.1 Å². The molecule has 0 saturated heterocycles. The molecule has 0 saturated carbocycles. The zero-order valence-corrected chi connectivity index (χ0v) is 25.6. The third-order valence-corrected chi connectivity index (χ3v) is 8.98. The van der Waals surface area contributed by atoms with Crippen molar-refractivity contribution >= 4 is 49.9 Å². The molecule has 9 aromatic rings. The van der Waals surface area contributed by atoms with Gasteiger partial charge in [0.25, 0.3) is 0 Å². The van der Waals surface area contributed by atoms with E-state index in [1.54, 1.807) is 0 Å². The second-order valence-electron chi connectivity index (χ2n) is 11.7. The molecule has 4 heteroatoms. The summed E-state index contributed by atoms with van der Waals surface area (Å²) in [5.41, 5.74) is 11.4. The van der Waals surface area contributed by atoms with Crippen LogP contribution >= 0.6 is 0 Å². The predicted octanol–water partition coefficient (Wildman–Crippen LogP) is 11.3. The maximum atomic E-state index is 4.40. The Hall–Kier alpha value is -6.39. The molecule has 0 unspecified atom stereocenters. The second-order valence-corrected chi connectivity index (χ2v) is 11.7. The molecular weight excluding hydrogens is 573 g/mol. The molecule has 0 spiro atoms. The zero-order chi connectivity index (χ0) is 31.2. The van der Waals surface area contributed by atoms with E-state index in [-0.39, 0.29) is 0 Å². The molecule has 4 nitrogen and oxygen atoms in total. The number of hydrogen-bond acceptors (Lipinski definition) is 2. The lowest BCUT2D eigenvalue weighted by molar-refractivity contribution is 1.07. The van der Waals surface area contributed by atoms with Gasteiger partial charge < -0.3 is 4.90 Å². The molecule has 9 rings (SSSR count). The van der Waals surface area contributed by atoms with E-state index in [0.717, 1.165) is 34.0 Å². The topological polar surface area (TPSA) is 26.0 Å². The smallest absolute Gasteiger partial charge is 0.131 e. The van der Waals surface area contributed by atoms with Crippen LogP contribution in [0.5, 0.6) is 0 Å². The van der Waals surface area contributed by atoms with E-state index < -0.39 is 0 Å². The number of aromatic nitrogens is 3. The van der Waals surface area contributed by atoms with Crippen LogP contribution < -0.4 is 4.90 Å². The Morgan fingerprint density at radius 3 is 1.66 bits per heavy atom. The molecule has 0 N–H and O–H groups in total. The molecular formula is C43H30N4. The summed E-state index contributed by atoms with van der Waals surface area (Å²) < 4.78 is 4.83. The van der Waals surface area contributed by atoms with Crippen LogP contribution in [0.2, 0.25) is 0 Å². The van der Waals surface area contributed by atoms with Gasteiger partial charge in [-0.25, -0.2) is 0 Å². The van der Waals surface area contributed by atoms with E-state index in [1.807, 2.05) is 24.5 Å². The van der Waals surface area contributed by atoms with E-state index in [4.69, 9.17) is 0 Å². The molecule has 0 aliphatic carbocycles. The number of benzene rings is 6. The van der Waals surface area contributed by atoms with Crippen molar-refractivity contribution in [2.45, 2.75) is 0 Å². The van der Waals surface area contributed by atoms with Gasteiger partial charge in [0, 0.05) is 45.1 Å². The van der Waals surface area contributed by atoms with Gasteiger partial charge in [-0.1, -0.05) is 97.1 Å². The summed E-state index contributed by atoms with van der Waals surface area (Å²) in [5, 5.41) is 3.75. The fourth-order valence-corrected chi connectivity index (χ4v) is 6.92. The van der Waals surface area contributed by atoms with E-state index in [0.29, 0.717) is 0 Å². The summed E-state index contributed by atoms with van der Waals surface area (Å²) in [6.07, 6.45) is 3.72. The molecule has 6 aromatic carbocycles. The molecule has 0 bridgehead atoms. The first-order valence-electron chi connectivity index (χ1n) is 15.9. The number of fused-ring (bicyclic) bond motifs is 5. The molecule has 0 aliphatic rings. The van der Waals surface area contributed by atoms with Gasteiger partial charge in [-0.05, 0) is 83.9 Å². The van der Waals surface area contributed by atoms with Crippen molar-refractivity contribution in [1.29, 1.82) is 0 Å². The van der Waals surface area contributed by atoms with Crippen molar-refractivity contribution in [3.05, 3.63) is 182 Å². The van der Waals surface area contributed by atoms with Crippen LogP contribution in [0.3, 0.4) is 0 Å². The van der Waals surface area contributed by atoms with Crippen LogP contribution in [0.15, 0.2) is 182 Å². The summed E-state index contributed by atoms with van der Waals surface area (Å²) in [6.45, 7) is 0. The second kappa shape index (κ2) is 11.2. The number of anilines is 3. The highest BCUT2D eigenvalue weighted by Crippen LogP contribution is 2.42. The van der Waals surface area contributed by atoms with E-state index in [2.05, 4.69) is 177 Å². The van der Waals surface area contributed by atoms with E-state index in [9.17, 15) is 0 Å². The Kier molecular flexibility index (Phi) is 6.43. The lowest BCUT2D eigenvalue weighted by Gasteiger charge is -2.25. The molecule has 3 aromatic heterocycles. The van der Waals surface area contributed by atoms with Crippen LogP contribution in [0.25, 0.3) is 55.3 Å². The van der Waals surface area contributed by atoms with Crippen molar-refractivity contribution in [2.24, 2.45) is 0 Å². The minimum Gasteiger partial charge on any atom is -0.309 e. The highest BCUT2D eigenvalue weighted by Gasteiger charge is 2.22. The first-order chi connectivity index (χ1) is 23.3. The van der Waals surface area contributed by atoms with Gasteiger partial charge in [0.2, 0.25) is 0 Å². The summed E-state index contributed by atoms with van der Waals surface area (Å²) in [6, 6.07) is 60.4. The lowest BCUT2D eigenvalue weighted by atomic mass is 10.0. The Bertz CT molecular complexity index is 2440. The number of nitrogens with zero attached hydrogens (tertiary/aromatic N) is 4. The monoisotopic (exact) mass is 602 g/mol. The van der Waals surface area contributed by atoms with Crippen molar-refractivity contribution in [3.8, 4) is 22.5 Å². The average Bonchev–Trinajstić information content (AvgIpc) is 3.66. The number of rotatable bonds is 6. The quantitative estimate of drug-likeness (QED) is 0.189. The summed E-state index contributed by atoms with van der Waals surface area (Å²) in [5.74, 6) is 0. The third-order valence-electron chi connectivity index (χ3n) is 8.98. The molecule has 0 fully saturated rings. The third kappa shape index (κ3) is 4.50. The number of para-hydroxylation sites is 4. The maximum Gasteiger partial charge on any atom is 0.131 e. The highest BCUT2D eigenvalue weighted by atomic mass is 15.2. The number of hydrogen-bond donors (Lipinski definition) is 0. The zero-order valence-electron chi connectivity index (χ0n) is 25.6. The van der Waals surface area contributed by atoms with Crippen molar-refractivity contribution in [1.82, 2.24) is 14.1 Å². The minimum atomic E-state index is 1.02. The molecule has 47 heavy (non-hydrogen) atoms. The molecule has 0 atom stereocenters. The van der Waals surface area contributed by atoms with Crippen molar-refractivity contribution in [3.63, 3.8) is 0 Å².